The van der Waals surface area contributed by atoms with Crippen molar-refractivity contribution in [2.24, 2.45) is 5.92 Å². The van der Waals surface area contributed by atoms with E-state index in [1.807, 2.05) is 0 Å². The Labute approximate surface area is 132 Å². The van der Waals surface area contributed by atoms with E-state index in [9.17, 15) is 23.1 Å². The molecule has 0 saturated carbocycles. The monoisotopic (exact) mass is 331 g/mol. The third-order valence-corrected chi connectivity index (χ3v) is 4.21. The number of rotatable bonds is 4. The van der Waals surface area contributed by atoms with Gasteiger partial charge in [-0.3, -0.25) is 4.79 Å². The Balaban J connectivity index is 1.91. The number of hydrogen-bond acceptors (Lipinski definition) is 3. The van der Waals surface area contributed by atoms with Gasteiger partial charge in [-0.2, -0.15) is 13.2 Å². The molecule has 1 heterocycles. The van der Waals surface area contributed by atoms with Crippen molar-refractivity contribution in [2.75, 3.05) is 20.2 Å². The molecular formula is C16H20F3NO3. The molecule has 128 valence electrons. The van der Waals surface area contributed by atoms with Crippen molar-refractivity contribution in [3.63, 3.8) is 0 Å². The lowest BCUT2D eigenvalue weighted by molar-refractivity contribution is -0.222. The summed E-state index contributed by atoms with van der Waals surface area (Å²) < 4.78 is 42.7. The highest BCUT2D eigenvalue weighted by atomic mass is 19.4. The Morgan fingerprint density at radius 1 is 1.35 bits per heavy atom. The number of benzene rings is 1. The van der Waals surface area contributed by atoms with Gasteiger partial charge in [0.1, 0.15) is 5.75 Å². The van der Waals surface area contributed by atoms with Crippen molar-refractivity contribution in [1.82, 2.24) is 4.90 Å². The molecule has 1 aliphatic rings. The van der Waals surface area contributed by atoms with Gasteiger partial charge < -0.3 is 14.7 Å². The highest BCUT2D eigenvalue weighted by Gasteiger charge is 2.44. The van der Waals surface area contributed by atoms with Crippen LogP contribution in [-0.4, -0.2) is 48.4 Å². The van der Waals surface area contributed by atoms with Crippen molar-refractivity contribution in [3.05, 3.63) is 29.8 Å². The molecule has 1 aromatic rings. The number of aliphatic hydroxyl groups is 1. The molecule has 1 aliphatic heterocycles. The molecule has 0 aromatic heterocycles. The Morgan fingerprint density at radius 2 is 1.96 bits per heavy atom. The quantitative estimate of drug-likeness (QED) is 0.922. The van der Waals surface area contributed by atoms with E-state index in [-0.39, 0.29) is 38.3 Å². The van der Waals surface area contributed by atoms with E-state index in [1.165, 1.54) is 7.11 Å². The normalized spacial score (nSPS) is 17.9. The summed E-state index contributed by atoms with van der Waals surface area (Å²) in [4.78, 5) is 13.8. The SMILES string of the molecule is COc1ccccc1CC(=O)N1CCC(C(O)C(F)(F)F)CC1. The number of carbonyl (C=O) groups excluding carboxylic acids is 1. The second kappa shape index (κ2) is 7.21. The van der Waals surface area contributed by atoms with Crippen LogP contribution < -0.4 is 4.74 Å². The lowest BCUT2D eigenvalue weighted by atomic mass is 9.90. The van der Waals surface area contributed by atoms with Crippen LogP contribution in [-0.2, 0) is 11.2 Å². The summed E-state index contributed by atoms with van der Waals surface area (Å²) in [7, 11) is 1.52. The molecular weight excluding hydrogens is 311 g/mol. The van der Waals surface area contributed by atoms with Gasteiger partial charge in [-0.15, -0.1) is 0 Å². The van der Waals surface area contributed by atoms with Gasteiger partial charge in [0, 0.05) is 18.7 Å². The number of piperidine rings is 1. The van der Waals surface area contributed by atoms with Crippen LogP contribution in [0.15, 0.2) is 24.3 Å². The fraction of sp³-hybridized carbons (Fsp3) is 0.562. The second-order valence-corrected chi connectivity index (χ2v) is 5.69. The molecule has 2 rings (SSSR count). The molecule has 0 aliphatic carbocycles. The maximum Gasteiger partial charge on any atom is 0.414 e. The largest absolute Gasteiger partial charge is 0.496 e. The third kappa shape index (κ3) is 4.37. The first-order valence-electron chi connectivity index (χ1n) is 7.47. The molecule has 1 atom stereocenters. The van der Waals surface area contributed by atoms with Crippen LogP contribution in [0.1, 0.15) is 18.4 Å². The number of likely N-dealkylation sites (tertiary alicyclic amines) is 1. The van der Waals surface area contributed by atoms with Gasteiger partial charge in [0.25, 0.3) is 0 Å². The molecule has 23 heavy (non-hydrogen) atoms. The molecule has 1 amide bonds. The van der Waals surface area contributed by atoms with Crippen molar-refractivity contribution in [1.29, 1.82) is 0 Å². The average Bonchev–Trinajstić information content (AvgIpc) is 2.54. The molecule has 1 unspecified atom stereocenters. The van der Waals surface area contributed by atoms with Crippen LogP contribution in [0.25, 0.3) is 0 Å². The van der Waals surface area contributed by atoms with Crippen LogP contribution in [0.4, 0.5) is 13.2 Å². The van der Waals surface area contributed by atoms with E-state index < -0.39 is 18.2 Å². The number of para-hydroxylation sites is 1. The standard InChI is InChI=1S/C16H20F3NO3/c1-23-13-5-3-2-4-12(13)10-14(21)20-8-6-11(7-9-20)15(22)16(17,18)19/h2-5,11,15,22H,6-10H2,1H3. The van der Waals surface area contributed by atoms with Gasteiger partial charge >= 0.3 is 6.18 Å². The molecule has 0 radical (unpaired) electrons. The summed E-state index contributed by atoms with van der Waals surface area (Å²) in [5.74, 6) is -0.372. The second-order valence-electron chi connectivity index (χ2n) is 5.69. The van der Waals surface area contributed by atoms with Crippen LogP contribution in [0.5, 0.6) is 5.75 Å². The highest BCUT2D eigenvalue weighted by molar-refractivity contribution is 5.79. The number of alkyl halides is 3. The smallest absolute Gasteiger partial charge is 0.414 e. The summed E-state index contributed by atoms with van der Waals surface area (Å²) in [5.41, 5.74) is 0.748. The topological polar surface area (TPSA) is 49.8 Å². The average molecular weight is 331 g/mol. The van der Waals surface area contributed by atoms with E-state index in [0.717, 1.165) is 5.56 Å². The van der Waals surface area contributed by atoms with Crippen LogP contribution in [0, 0.1) is 5.92 Å². The number of halogens is 3. The molecule has 1 N–H and O–H groups in total. The minimum atomic E-state index is -4.60. The summed E-state index contributed by atoms with van der Waals surface area (Å²) in [5, 5.41) is 9.29. The number of methoxy groups -OCH3 is 1. The Kier molecular flexibility index (Phi) is 5.51. The predicted octanol–water partition coefficient (Wildman–Crippen LogP) is 2.40. The lowest BCUT2D eigenvalue weighted by Gasteiger charge is -2.34. The zero-order valence-corrected chi connectivity index (χ0v) is 12.8. The van der Waals surface area contributed by atoms with Gasteiger partial charge in [0.05, 0.1) is 13.5 Å². The van der Waals surface area contributed by atoms with Crippen LogP contribution >= 0.6 is 0 Å². The number of carbonyl (C=O) groups is 1. The lowest BCUT2D eigenvalue weighted by Crippen LogP contribution is -2.45. The van der Waals surface area contributed by atoms with Crippen molar-refractivity contribution in [2.45, 2.75) is 31.5 Å². The van der Waals surface area contributed by atoms with Gasteiger partial charge in [-0.25, -0.2) is 0 Å². The fourth-order valence-electron chi connectivity index (χ4n) is 2.86. The zero-order valence-electron chi connectivity index (χ0n) is 12.8. The number of amides is 1. The van der Waals surface area contributed by atoms with Crippen LogP contribution in [0.3, 0.4) is 0 Å². The number of ether oxygens (including phenoxy) is 1. The van der Waals surface area contributed by atoms with E-state index in [2.05, 4.69) is 0 Å². The number of nitrogens with zero attached hydrogens (tertiary/aromatic N) is 1. The number of aliphatic hydroxyl groups excluding tert-OH is 1. The summed E-state index contributed by atoms with van der Waals surface area (Å²) in [6, 6.07) is 7.15. The molecule has 0 spiro atoms. The predicted molar refractivity (Wildman–Crippen MR) is 78.1 cm³/mol. The van der Waals surface area contributed by atoms with Gasteiger partial charge in [-0.05, 0) is 24.8 Å². The third-order valence-electron chi connectivity index (χ3n) is 4.21. The van der Waals surface area contributed by atoms with E-state index in [1.54, 1.807) is 29.2 Å². The van der Waals surface area contributed by atoms with Gasteiger partial charge in [0.15, 0.2) is 6.10 Å². The first kappa shape index (κ1) is 17.6. The first-order valence-corrected chi connectivity index (χ1v) is 7.47. The molecule has 4 nitrogen and oxygen atoms in total. The van der Waals surface area contributed by atoms with E-state index in [4.69, 9.17) is 4.74 Å². The Morgan fingerprint density at radius 3 is 2.52 bits per heavy atom. The maximum absolute atomic E-state index is 12.5. The maximum atomic E-state index is 12.5. The summed E-state index contributed by atoms with van der Waals surface area (Å²) >= 11 is 0. The fourth-order valence-corrected chi connectivity index (χ4v) is 2.86. The molecule has 1 fully saturated rings. The van der Waals surface area contributed by atoms with Gasteiger partial charge in [0.2, 0.25) is 5.91 Å². The van der Waals surface area contributed by atoms with E-state index in [0.29, 0.717) is 5.75 Å². The minimum Gasteiger partial charge on any atom is -0.496 e. The minimum absolute atomic E-state index is 0.144. The Hall–Kier alpha value is -1.76. The zero-order chi connectivity index (χ0) is 17.0. The first-order chi connectivity index (χ1) is 10.8. The molecule has 1 saturated heterocycles. The van der Waals surface area contributed by atoms with Crippen molar-refractivity contribution < 1.29 is 27.8 Å². The van der Waals surface area contributed by atoms with Crippen molar-refractivity contribution >= 4 is 5.91 Å². The highest BCUT2D eigenvalue weighted by Crippen LogP contribution is 2.31. The number of hydrogen-bond donors (Lipinski definition) is 1. The van der Waals surface area contributed by atoms with Crippen molar-refractivity contribution in [3.8, 4) is 5.75 Å². The molecule has 1 aromatic carbocycles. The Bertz CT molecular complexity index is 540. The summed E-state index contributed by atoms with van der Waals surface area (Å²) in [6.07, 6.45) is -6.46. The molecule has 7 heteroatoms. The van der Waals surface area contributed by atoms with Gasteiger partial charge in [-0.1, -0.05) is 18.2 Å². The van der Waals surface area contributed by atoms with E-state index >= 15 is 0 Å². The van der Waals surface area contributed by atoms with Crippen LogP contribution in [0.2, 0.25) is 0 Å². The summed E-state index contributed by atoms with van der Waals surface area (Å²) in [6.45, 7) is 0.456. The molecule has 0 bridgehead atoms.